The molecule has 0 bridgehead atoms. The Kier molecular flexibility index (Phi) is 4.39. The topological polar surface area (TPSA) is 56.2 Å². The highest BCUT2D eigenvalue weighted by Gasteiger charge is 2.24. The smallest absolute Gasteiger partial charge is 0.191 e. The van der Waals surface area contributed by atoms with Crippen LogP contribution in [0.1, 0.15) is 16.0 Å². The van der Waals surface area contributed by atoms with E-state index in [1.54, 1.807) is 23.1 Å². The number of thiophene rings is 1. The number of nitrogens with zero attached hydrogens (tertiary/aromatic N) is 2. The van der Waals surface area contributed by atoms with Crippen LogP contribution in [0.4, 0.5) is 5.82 Å². The van der Waals surface area contributed by atoms with Gasteiger partial charge >= 0.3 is 0 Å². The van der Waals surface area contributed by atoms with E-state index in [1.165, 1.54) is 15.3 Å². The van der Waals surface area contributed by atoms with Gasteiger partial charge in [0, 0.05) is 17.2 Å². The molecule has 0 radical (unpaired) electrons. The molecule has 3 aromatic rings. The Balaban J connectivity index is 1.64. The lowest BCUT2D eigenvalue weighted by Crippen LogP contribution is -3.08. The monoisotopic (exact) mass is 377 g/mol. The van der Waals surface area contributed by atoms with Crippen LogP contribution in [-0.4, -0.2) is 23.6 Å². The first-order valence-corrected chi connectivity index (χ1v) is 10.0. The van der Waals surface area contributed by atoms with Gasteiger partial charge in [0.1, 0.15) is 17.2 Å². The Bertz CT molecular complexity index is 909. The van der Waals surface area contributed by atoms with Crippen LogP contribution in [0.25, 0.3) is 10.2 Å². The highest BCUT2D eigenvalue weighted by Crippen LogP contribution is 2.36. The summed E-state index contributed by atoms with van der Waals surface area (Å²) < 4.78 is 0. The van der Waals surface area contributed by atoms with Crippen LogP contribution in [0.15, 0.2) is 29.4 Å². The lowest BCUT2D eigenvalue weighted by Gasteiger charge is -2.19. The maximum Gasteiger partial charge on any atom is 0.191 e. The van der Waals surface area contributed by atoms with E-state index < -0.39 is 0 Å². The predicted octanol–water partition coefficient (Wildman–Crippen LogP) is 2.79. The molecule has 0 saturated carbocycles. The molecule has 3 heterocycles. The second kappa shape index (κ2) is 6.52. The highest BCUT2D eigenvalue weighted by molar-refractivity contribution is 7.98. The van der Waals surface area contributed by atoms with Gasteiger partial charge in [-0.3, -0.25) is 0 Å². The molecule has 7 heteroatoms. The van der Waals surface area contributed by atoms with Gasteiger partial charge in [0.15, 0.2) is 5.16 Å². The third-order valence-electron chi connectivity index (χ3n) is 4.32. The summed E-state index contributed by atoms with van der Waals surface area (Å²) in [4.78, 5) is 13.2. The van der Waals surface area contributed by atoms with Crippen molar-refractivity contribution < 1.29 is 4.90 Å². The SMILES string of the molecule is C[NH+]1CCc2c(sc3nc(SCc4ccccc4Cl)nc(N)c23)C1. The summed E-state index contributed by atoms with van der Waals surface area (Å²) in [5.41, 5.74) is 8.72. The van der Waals surface area contributed by atoms with E-state index in [0.717, 1.165) is 51.2 Å². The summed E-state index contributed by atoms with van der Waals surface area (Å²) in [6.07, 6.45) is 1.06. The maximum absolute atomic E-state index is 6.27. The molecule has 3 N–H and O–H groups in total. The Morgan fingerprint density at radius 2 is 2.17 bits per heavy atom. The summed E-state index contributed by atoms with van der Waals surface area (Å²) in [7, 11) is 2.23. The third-order valence-corrected chi connectivity index (χ3v) is 6.71. The van der Waals surface area contributed by atoms with Gasteiger partial charge in [0.25, 0.3) is 0 Å². The minimum atomic E-state index is 0.610. The van der Waals surface area contributed by atoms with Gasteiger partial charge < -0.3 is 10.6 Å². The van der Waals surface area contributed by atoms with Gasteiger partial charge in [-0.25, -0.2) is 9.97 Å². The molecule has 1 aromatic carbocycles. The zero-order chi connectivity index (χ0) is 16.7. The van der Waals surface area contributed by atoms with Gasteiger partial charge in [-0.15, -0.1) is 11.3 Å². The number of hydrogen-bond donors (Lipinski definition) is 2. The number of hydrogen-bond acceptors (Lipinski definition) is 5. The number of likely N-dealkylation sites (N-methyl/N-ethyl adjacent to an activating group) is 1. The minimum absolute atomic E-state index is 0.610. The lowest BCUT2D eigenvalue weighted by atomic mass is 10.1. The summed E-state index contributed by atoms with van der Waals surface area (Å²) in [5, 5.41) is 2.57. The van der Waals surface area contributed by atoms with Crippen molar-refractivity contribution in [3.05, 3.63) is 45.3 Å². The van der Waals surface area contributed by atoms with Crippen molar-refractivity contribution in [2.45, 2.75) is 23.9 Å². The van der Waals surface area contributed by atoms with E-state index in [9.17, 15) is 0 Å². The standard InChI is InChI=1S/C17H17ClN4S2/c1-22-7-6-11-13(8-22)24-16-14(11)15(19)20-17(21-16)23-9-10-4-2-3-5-12(10)18/h2-5H,6-9H2,1H3,(H2,19,20,21)/p+1. The van der Waals surface area contributed by atoms with Crippen LogP contribution in [0.2, 0.25) is 5.02 Å². The zero-order valence-electron chi connectivity index (χ0n) is 13.3. The van der Waals surface area contributed by atoms with Crippen LogP contribution in [0, 0.1) is 0 Å². The van der Waals surface area contributed by atoms with Crippen LogP contribution in [-0.2, 0) is 18.7 Å². The average Bonchev–Trinajstić information content (AvgIpc) is 2.91. The van der Waals surface area contributed by atoms with E-state index in [0.29, 0.717) is 5.82 Å². The molecule has 24 heavy (non-hydrogen) atoms. The molecule has 0 aliphatic carbocycles. The number of aromatic nitrogens is 2. The molecular formula is C17H18ClN4S2+. The molecule has 1 unspecified atom stereocenters. The number of nitrogen functional groups attached to an aromatic ring is 1. The minimum Gasteiger partial charge on any atom is -0.383 e. The van der Waals surface area contributed by atoms with Crippen LogP contribution in [0.5, 0.6) is 0 Å². The number of thioether (sulfide) groups is 1. The van der Waals surface area contributed by atoms with Crippen molar-refractivity contribution in [1.29, 1.82) is 0 Å². The highest BCUT2D eigenvalue weighted by atomic mass is 35.5. The van der Waals surface area contributed by atoms with Gasteiger partial charge in [0.05, 0.1) is 23.9 Å². The summed E-state index contributed by atoms with van der Waals surface area (Å²) in [6.45, 7) is 2.19. The van der Waals surface area contributed by atoms with Crippen LogP contribution < -0.4 is 10.6 Å². The predicted molar refractivity (Wildman–Crippen MR) is 102 cm³/mol. The Morgan fingerprint density at radius 3 is 3.00 bits per heavy atom. The molecule has 124 valence electrons. The van der Waals surface area contributed by atoms with E-state index in [2.05, 4.69) is 12.0 Å². The molecule has 4 nitrogen and oxygen atoms in total. The van der Waals surface area contributed by atoms with Gasteiger partial charge in [-0.2, -0.15) is 0 Å². The van der Waals surface area contributed by atoms with Gasteiger partial charge in [-0.1, -0.05) is 41.6 Å². The molecular weight excluding hydrogens is 360 g/mol. The summed E-state index contributed by atoms with van der Waals surface area (Å²) in [6, 6.07) is 7.86. The van der Waals surface area contributed by atoms with Crippen molar-refractivity contribution in [3.8, 4) is 0 Å². The van der Waals surface area contributed by atoms with Crippen molar-refractivity contribution in [3.63, 3.8) is 0 Å². The number of nitrogens with two attached hydrogens (primary N) is 1. The molecule has 1 aliphatic heterocycles. The van der Waals surface area contributed by atoms with Crippen LogP contribution >= 0.6 is 34.7 Å². The number of quaternary nitrogens is 1. The molecule has 0 fully saturated rings. The Morgan fingerprint density at radius 1 is 1.33 bits per heavy atom. The van der Waals surface area contributed by atoms with Gasteiger partial charge in [-0.05, 0) is 17.2 Å². The average molecular weight is 378 g/mol. The van der Waals surface area contributed by atoms with E-state index in [4.69, 9.17) is 22.3 Å². The molecule has 0 saturated heterocycles. The number of rotatable bonds is 3. The van der Waals surface area contributed by atoms with E-state index >= 15 is 0 Å². The molecule has 0 spiro atoms. The van der Waals surface area contributed by atoms with E-state index in [1.807, 2.05) is 24.3 Å². The lowest BCUT2D eigenvalue weighted by molar-refractivity contribution is -0.895. The quantitative estimate of drug-likeness (QED) is 0.544. The molecule has 0 amide bonds. The molecule has 2 aromatic heterocycles. The molecule has 1 atom stereocenters. The van der Waals surface area contributed by atoms with Gasteiger partial charge in [0.2, 0.25) is 0 Å². The number of benzene rings is 1. The van der Waals surface area contributed by atoms with Crippen molar-refractivity contribution in [1.82, 2.24) is 9.97 Å². The van der Waals surface area contributed by atoms with Crippen LogP contribution in [0.3, 0.4) is 0 Å². The Labute approximate surface area is 154 Å². The number of halogens is 1. The van der Waals surface area contributed by atoms with Crippen molar-refractivity contribution in [2.75, 3.05) is 19.3 Å². The fourth-order valence-electron chi connectivity index (χ4n) is 3.04. The number of anilines is 1. The normalized spacial score (nSPS) is 17.2. The second-order valence-corrected chi connectivity index (χ2v) is 8.52. The Hall–Kier alpha value is -1.34. The van der Waals surface area contributed by atoms with Crippen molar-refractivity contribution >= 4 is 50.7 Å². The summed E-state index contributed by atoms with van der Waals surface area (Å²) >= 11 is 9.56. The zero-order valence-corrected chi connectivity index (χ0v) is 15.7. The van der Waals surface area contributed by atoms with E-state index in [-0.39, 0.29) is 0 Å². The van der Waals surface area contributed by atoms with Crippen molar-refractivity contribution in [2.24, 2.45) is 0 Å². The first-order chi connectivity index (χ1) is 11.6. The maximum atomic E-state index is 6.27. The summed E-state index contributed by atoms with van der Waals surface area (Å²) in [5.74, 6) is 1.35. The second-order valence-electron chi connectivity index (χ2n) is 6.09. The largest absolute Gasteiger partial charge is 0.383 e. The molecule has 4 rings (SSSR count). The number of nitrogens with one attached hydrogen (secondary N) is 1. The first-order valence-electron chi connectivity index (χ1n) is 7.87. The first kappa shape index (κ1) is 16.1. The fraction of sp³-hybridized carbons (Fsp3) is 0.294. The third kappa shape index (κ3) is 2.99. The molecule has 1 aliphatic rings. The number of fused-ring (bicyclic) bond motifs is 3. The fourth-order valence-corrected chi connectivity index (χ4v) is 5.58.